The van der Waals surface area contributed by atoms with E-state index in [-0.39, 0.29) is 6.79 Å². The fraction of sp³-hybridized carbons (Fsp3) is 0.364. The van der Waals surface area contributed by atoms with Crippen LogP contribution in [0.1, 0.15) is 11.1 Å². The number of ether oxygens (including phenoxy) is 2. The highest BCUT2D eigenvalue weighted by Gasteiger charge is 2.00. The number of carbonyl (C=O) groups is 1. The molecule has 3 heteroatoms. The molecule has 0 aliphatic heterocycles. The predicted octanol–water partition coefficient (Wildman–Crippen LogP) is 1.72. The lowest BCUT2D eigenvalue weighted by molar-refractivity contribution is -0.107. The van der Waals surface area contributed by atoms with E-state index in [0.717, 1.165) is 23.2 Å². The second-order valence-corrected chi connectivity index (χ2v) is 3.02. The normalized spacial score (nSPS) is 9.86. The third kappa shape index (κ3) is 2.85. The van der Waals surface area contributed by atoms with Gasteiger partial charge in [0.15, 0.2) is 6.79 Å². The third-order valence-electron chi connectivity index (χ3n) is 1.89. The van der Waals surface area contributed by atoms with Gasteiger partial charge in [0.1, 0.15) is 12.0 Å². The van der Waals surface area contributed by atoms with Gasteiger partial charge in [-0.3, -0.25) is 0 Å². The Hall–Kier alpha value is -1.35. The van der Waals surface area contributed by atoms with Crippen LogP contribution in [-0.2, 0) is 16.0 Å². The minimum atomic E-state index is 0.244. The number of hydrogen-bond donors (Lipinski definition) is 0. The predicted molar refractivity (Wildman–Crippen MR) is 53.5 cm³/mol. The molecule has 1 rings (SSSR count). The van der Waals surface area contributed by atoms with Crippen LogP contribution in [0.15, 0.2) is 18.2 Å². The van der Waals surface area contributed by atoms with Gasteiger partial charge in [0.05, 0.1) is 0 Å². The van der Waals surface area contributed by atoms with Crippen molar-refractivity contribution in [2.45, 2.75) is 13.3 Å². The van der Waals surface area contributed by atoms with Crippen LogP contribution >= 0.6 is 0 Å². The Morgan fingerprint density at radius 1 is 1.43 bits per heavy atom. The van der Waals surface area contributed by atoms with Crippen molar-refractivity contribution in [3.8, 4) is 5.75 Å². The molecular weight excluding hydrogens is 180 g/mol. The molecule has 0 unspecified atom stereocenters. The lowest BCUT2D eigenvalue weighted by Crippen LogP contribution is -2.00. The van der Waals surface area contributed by atoms with Crippen molar-refractivity contribution in [2.24, 2.45) is 0 Å². The standard InChI is InChI=1S/C11H14O3/c1-9-7-10(5-6-12)3-4-11(9)14-8-13-2/h3-4,6-7H,5,8H2,1-2H3. The summed E-state index contributed by atoms with van der Waals surface area (Å²) in [5.74, 6) is 0.793. The molecule has 0 bridgehead atoms. The summed E-state index contributed by atoms with van der Waals surface area (Å²) < 4.78 is 10.1. The van der Waals surface area contributed by atoms with E-state index in [1.54, 1.807) is 7.11 Å². The van der Waals surface area contributed by atoms with Crippen LogP contribution in [0.3, 0.4) is 0 Å². The summed E-state index contributed by atoms with van der Waals surface area (Å²) in [6.07, 6.45) is 1.34. The molecule has 0 heterocycles. The number of aryl methyl sites for hydroxylation is 1. The van der Waals surface area contributed by atoms with Gasteiger partial charge >= 0.3 is 0 Å². The Balaban J connectivity index is 2.73. The van der Waals surface area contributed by atoms with Gasteiger partial charge in [-0.25, -0.2) is 0 Å². The van der Waals surface area contributed by atoms with Gasteiger partial charge in [0.2, 0.25) is 0 Å². The van der Waals surface area contributed by atoms with Gasteiger partial charge in [-0.15, -0.1) is 0 Å². The highest BCUT2D eigenvalue weighted by atomic mass is 16.7. The SMILES string of the molecule is COCOc1ccc(CC=O)cc1C. The lowest BCUT2D eigenvalue weighted by atomic mass is 10.1. The highest BCUT2D eigenvalue weighted by molar-refractivity contribution is 5.55. The van der Waals surface area contributed by atoms with E-state index in [2.05, 4.69) is 0 Å². The van der Waals surface area contributed by atoms with Crippen molar-refractivity contribution in [3.05, 3.63) is 29.3 Å². The summed E-state index contributed by atoms with van der Waals surface area (Å²) in [5, 5.41) is 0. The summed E-state index contributed by atoms with van der Waals surface area (Å²) in [6, 6.07) is 5.68. The van der Waals surface area contributed by atoms with Gasteiger partial charge in [-0.05, 0) is 24.1 Å². The molecule has 0 aromatic heterocycles. The van der Waals surface area contributed by atoms with Crippen LogP contribution in [0.25, 0.3) is 0 Å². The molecule has 0 saturated heterocycles. The number of rotatable bonds is 5. The van der Waals surface area contributed by atoms with Gasteiger partial charge in [0, 0.05) is 13.5 Å². The van der Waals surface area contributed by atoms with Crippen molar-refractivity contribution in [3.63, 3.8) is 0 Å². The molecule has 0 atom stereocenters. The van der Waals surface area contributed by atoms with Crippen molar-refractivity contribution in [1.29, 1.82) is 0 Å². The van der Waals surface area contributed by atoms with Gasteiger partial charge in [0.25, 0.3) is 0 Å². The maximum absolute atomic E-state index is 10.3. The first-order valence-electron chi connectivity index (χ1n) is 4.43. The molecule has 0 fully saturated rings. The molecule has 0 N–H and O–H groups in total. The van der Waals surface area contributed by atoms with Crippen LogP contribution in [0.2, 0.25) is 0 Å². The fourth-order valence-corrected chi connectivity index (χ4v) is 1.22. The second kappa shape index (κ2) is 5.40. The summed E-state index contributed by atoms with van der Waals surface area (Å²) >= 11 is 0. The second-order valence-electron chi connectivity index (χ2n) is 3.02. The third-order valence-corrected chi connectivity index (χ3v) is 1.89. The van der Waals surface area contributed by atoms with E-state index in [0.29, 0.717) is 6.42 Å². The molecule has 1 aromatic carbocycles. The zero-order valence-corrected chi connectivity index (χ0v) is 8.45. The first-order chi connectivity index (χ1) is 6.77. The van der Waals surface area contributed by atoms with Crippen molar-refractivity contribution in [1.82, 2.24) is 0 Å². The van der Waals surface area contributed by atoms with Crippen molar-refractivity contribution >= 4 is 6.29 Å². The minimum Gasteiger partial charge on any atom is -0.467 e. The zero-order valence-electron chi connectivity index (χ0n) is 8.45. The summed E-state index contributed by atoms with van der Waals surface area (Å²) in [4.78, 5) is 10.3. The first kappa shape index (κ1) is 10.7. The molecule has 0 aliphatic carbocycles. The molecular formula is C11H14O3. The molecule has 3 nitrogen and oxygen atoms in total. The highest BCUT2D eigenvalue weighted by Crippen LogP contribution is 2.18. The number of benzene rings is 1. The van der Waals surface area contributed by atoms with E-state index in [1.807, 2.05) is 25.1 Å². The van der Waals surface area contributed by atoms with E-state index in [9.17, 15) is 4.79 Å². The molecule has 1 aromatic rings. The molecule has 0 aliphatic rings. The van der Waals surface area contributed by atoms with E-state index in [4.69, 9.17) is 9.47 Å². The van der Waals surface area contributed by atoms with Gasteiger partial charge in [-0.1, -0.05) is 12.1 Å². The number of methoxy groups -OCH3 is 1. The van der Waals surface area contributed by atoms with Crippen LogP contribution in [-0.4, -0.2) is 20.2 Å². The topological polar surface area (TPSA) is 35.5 Å². The van der Waals surface area contributed by atoms with Crippen LogP contribution in [0, 0.1) is 6.92 Å². The largest absolute Gasteiger partial charge is 0.467 e. The quantitative estimate of drug-likeness (QED) is 0.529. The molecule has 14 heavy (non-hydrogen) atoms. The summed E-state index contributed by atoms with van der Waals surface area (Å²) in [6.45, 7) is 2.19. The van der Waals surface area contributed by atoms with E-state index in [1.165, 1.54) is 0 Å². The van der Waals surface area contributed by atoms with Gasteiger partial charge < -0.3 is 14.3 Å². The molecule has 76 valence electrons. The average molecular weight is 194 g/mol. The summed E-state index contributed by atoms with van der Waals surface area (Å²) in [5.41, 5.74) is 2.02. The van der Waals surface area contributed by atoms with Crippen LogP contribution < -0.4 is 4.74 Å². The Kier molecular flexibility index (Phi) is 4.13. The molecule has 0 radical (unpaired) electrons. The van der Waals surface area contributed by atoms with Crippen LogP contribution in [0.4, 0.5) is 0 Å². The number of hydrogen-bond acceptors (Lipinski definition) is 3. The molecule has 0 spiro atoms. The first-order valence-corrected chi connectivity index (χ1v) is 4.43. The van der Waals surface area contributed by atoms with Crippen LogP contribution in [0.5, 0.6) is 5.75 Å². The average Bonchev–Trinajstić information content (AvgIpc) is 2.17. The molecule has 0 amide bonds. The number of aldehydes is 1. The minimum absolute atomic E-state index is 0.244. The monoisotopic (exact) mass is 194 g/mol. The van der Waals surface area contributed by atoms with E-state index >= 15 is 0 Å². The number of carbonyl (C=O) groups excluding carboxylic acids is 1. The van der Waals surface area contributed by atoms with E-state index < -0.39 is 0 Å². The van der Waals surface area contributed by atoms with Gasteiger partial charge in [-0.2, -0.15) is 0 Å². The maximum atomic E-state index is 10.3. The fourth-order valence-electron chi connectivity index (χ4n) is 1.22. The smallest absolute Gasteiger partial charge is 0.188 e. The van der Waals surface area contributed by atoms with Crippen molar-refractivity contribution < 1.29 is 14.3 Å². The Morgan fingerprint density at radius 2 is 2.21 bits per heavy atom. The Morgan fingerprint density at radius 3 is 2.79 bits per heavy atom. The Labute approximate surface area is 83.6 Å². The zero-order chi connectivity index (χ0) is 10.4. The van der Waals surface area contributed by atoms with Crippen molar-refractivity contribution in [2.75, 3.05) is 13.9 Å². The summed E-state index contributed by atoms with van der Waals surface area (Å²) in [7, 11) is 1.58. The Bertz CT molecular complexity index is 307. The maximum Gasteiger partial charge on any atom is 0.188 e. The lowest BCUT2D eigenvalue weighted by Gasteiger charge is -2.08. The molecule has 0 saturated carbocycles.